The monoisotopic (exact) mass is 336 g/mol. The van der Waals surface area contributed by atoms with Gasteiger partial charge in [-0.25, -0.2) is 8.78 Å². The fourth-order valence-corrected chi connectivity index (χ4v) is 1.99. The van der Waals surface area contributed by atoms with Gasteiger partial charge >= 0.3 is 0 Å². The Morgan fingerprint density at radius 2 is 1.72 bits per heavy atom. The lowest BCUT2D eigenvalue weighted by atomic mass is 10.1. The van der Waals surface area contributed by atoms with Crippen molar-refractivity contribution in [2.75, 3.05) is 0 Å². The van der Waals surface area contributed by atoms with Gasteiger partial charge in [0, 0.05) is 5.56 Å². The van der Waals surface area contributed by atoms with Crippen LogP contribution in [0.25, 0.3) is 10.9 Å². The highest BCUT2D eigenvalue weighted by Crippen LogP contribution is 2.28. The molecular formula is C11H11BrF2N2OS. The lowest BCUT2D eigenvalue weighted by Gasteiger charge is -2.06. The molecule has 0 aliphatic heterocycles. The lowest BCUT2D eigenvalue weighted by molar-refractivity contribution is 0.600. The first-order valence-electron chi connectivity index (χ1n) is 5.23. The molecule has 1 aromatic carbocycles. The van der Waals surface area contributed by atoms with Gasteiger partial charge in [-0.05, 0) is 35.1 Å². The summed E-state index contributed by atoms with van der Waals surface area (Å²) < 4.78 is 27.4. The summed E-state index contributed by atoms with van der Waals surface area (Å²) in [5, 5.41) is -0.355. The summed E-state index contributed by atoms with van der Waals surface area (Å²) in [5.74, 6) is -1.50. The standard InChI is InChI=1S/C9H5BrF2N2OS.C2H6/c1-2-4(10)6(12)7-3(5(2)11)8(15)14-9(16)13-7;1-2/h1H3,(H2,13,14,15,16);1-2H3. The van der Waals surface area contributed by atoms with Crippen LogP contribution < -0.4 is 5.56 Å². The molecule has 18 heavy (non-hydrogen) atoms. The molecule has 0 amide bonds. The van der Waals surface area contributed by atoms with E-state index in [1.165, 1.54) is 6.92 Å². The molecule has 0 unspecified atom stereocenters. The van der Waals surface area contributed by atoms with E-state index in [0.717, 1.165) is 0 Å². The van der Waals surface area contributed by atoms with Gasteiger partial charge in [-0.1, -0.05) is 13.8 Å². The third-order valence-corrected chi connectivity index (χ3v) is 3.38. The largest absolute Gasteiger partial charge is 0.329 e. The fraction of sp³-hybridized carbons (Fsp3) is 0.273. The Morgan fingerprint density at radius 1 is 1.17 bits per heavy atom. The summed E-state index contributed by atoms with van der Waals surface area (Å²) in [6.45, 7) is 5.38. The molecule has 0 atom stereocenters. The van der Waals surface area contributed by atoms with E-state index in [1.807, 2.05) is 13.8 Å². The van der Waals surface area contributed by atoms with Gasteiger partial charge in [0.2, 0.25) is 0 Å². The molecule has 1 aromatic heterocycles. The quantitative estimate of drug-likeness (QED) is 0.565. The zero-order valence-electron chi connectivity index (χ0n) is 9.95. The number of fused-ring (bicyclic) bond motifs is 1. The van der Waals surface area contributed by atoms with Gasteiger partial charge < -0.3 is 4.98 Å². The van der Waals surface area contributed by atoms with Crippen molar-refractivity contribution in [2.24, 2.45) is 0 Å². The third kappa shape index (κ3) is 2.37. The lowest BCUT2D eigenvalue weighted by Crippen LogP contribution is -2.12. The van der Waals surface area contributed by atoms with E-state index in [-0.39, 0.29) is 25.7 Å². The molecule has 2 N–H and O–H groups in total. The van der Waals surface area contributed by atoms with Crippen LogP contribution in [-0.2, 0) is 0 Å². The normalized spacial score (nSPS) is 10.1. The van der Waals surface area contributed by atoms with Crippen LogP contribution in [0.4, 0.5) is 8.78 Å². The van der Waals surface area contributed by atoms with Gasteiger partial charge in [0.15, 0.2) is 10.6 Å². The molecule has 2 aromatic rings. The number of H-pyrrole nitrogens is 2. The molecule has 98 valence electrons. The highest BCUT2D eigenvalue weighted by atomic mass is 79.9. The summed E-state index contributed by atoms with van der Waals surface area (Å²) in [6, 6.07) is 0. The molecule has 0 fully saturated rings. The SMILES string of the molecule is CC.Cc1c(Br)c(F)c2[nH]c(=S)[nH]c(=O)c2c1F. The molecule has 7 heteroatoms. The molecule has 3 nitrogen and oxygen atoms in total. The van der Waals surface area contributed by atoms with E-state index in [1.54, 1.807) is 0 Å². The Morgan fingerprint density at radius 3 is 2.28 bits per heavy atom. The molecule has 0 saturated heterocycles. The topological polar surface area (TPSA) is 48.6 Å². The predicted octanol–water partition coefficient (Wildman–Crippen LogP) is 3.96. The summed E-state index contributed by atoms with van der Waals surface area (Å²) in [4.78, 5) is 16.1. The Balaban J connectivity index is 0.000000771. The van der Waals surface area contributed by atoms with Crippen LogP contribution in [0.5, 0.6) is 0 Å². The van der Waals surface area contributed by atoms with Gasteiger partial charge in [-0.3, -0.25) is 9.78 Å². The van der Waals surface area contributed by atoms with Crippen molar-refractivity contribution >= 4 is 39.1 Å². The van der Waals surface area contributed by atoms with Crippen LogP contribution in [0, 0.1) is 23.3 Å². The first-order valence-corrected chi connectivity index (χ1v) is 6.43. The molecule has 2 rings (SSSR count). The second-order valence-corrected chi connectivity index (χ2v) is 4.43. The fourth-order valence-electron chi connectivity index (χ4n) is 1.42. The summed E-state index contributed by atoms with van der Waals surface area (Å²) >= 11 is 7.61. The van der Waals surface area contributed by atoms with Crippen LogP contribution in [0.3, 0.4) is 0 Å². The molecule has 0 radical (unpaired) electrons. The van der Waals surface area contributed by atoms with Gasteiger partial charge in [0.1, 0.15) is 11.2 Å². The number of aromatic nitrogens is 2. The Hall–Kier alpha value is -1.08. The second-order valence-electron chi connectivity index (χ2n) is 3.23. The van der Waals surface area contributed by atoms with Gasteiger partial charge in [-0.15, -0.1) is 0 Å². The van der Waals surface area contributed by atoms with E-state index in [2.05, 4.69) is 25.9 Å². The number of halogens is 3. The molecule has 0 saturated carbocycles. The Kier molecular flexibility index (Phi) is 4.75. The Labute approximate surface area is 115 Å². The number of aromatic amines is 2. The number of nitrogens with one attached hydrogen (secondary N) is 2. The van der Waals surface area contributed by atoms with E-state index in [9.17, 15) is 13.6 Å². The minimum atomic E-state index is -0.768. The number of hydrogen-bond donors (Lipinski definition) is 2. The number of benzene rings is 1. The Bertz CT molecular complexity index is 709. The van der Waals surface area contributed by atoms with Crippen molar-refractivity contribution in [1.29, 1.82) is 0 Å². The zero-order chi connectivity index (χ0) is 14.0. The molecule has 0 bridgehead atoms. The highest BCUT2D eigenvalue weighted by molar-refractivity contribution is 9.10. The smallest absolute Gasteiger partial charge is 0.262 e. The molecule has 0 spiro atoms. The van der Waals surface area contributed by atoms with E-state index in [0.29, 0.717) is 0 Å². The average molecular weight is 337 g/mol. The average Bonchev–Trinajstić information content (AvgIpc) is 2.35. The molecular weight excluding hydrogens is 326 g/mol. The predicted molar refractivity (Wildman–Crippen MR) is 73.5 cm³/mol. The van der Waals surface area contributed by atoms with E-state index >= 15 is 0 Å². The minimum absolute atomic E-state index is 0.0197. The van der Waals surface area contributed by atoms with Gasteiger partial charge in [0.25, 0.3) is 5.56 Å². The van der Waals surface area contributed by atoms with Crippen molar-refractivity contribution < 1.29 is 8.78 Å². The molecule has 0 aliphatic rings. The van der Waals surface area contributed by atoms with Crippen LogP contribution in [0.1, 0.15) is 19.4 Å². The van der Waals surface area contributed by atoms with Crippen molar-refractivity contribution in [3.8, 4) is 0 Å². The molecule has 1 heterocycles. The van der Waals surface area contributed by atoms with Crippen LogP contribution >= 0.6 is 28.1 Å². The van der Waals surface area contributed by atoms with Crippen molar-refractivity contribution in [2.45, 2.75) is 20.8 Å². The van der Waals surface area contributed by atoms with Crippen LogP contribution in [-0.4, -0.2) is 9.97 Å². The van der Waals surface area contributed by atoms with Crippen molar-refractivity contribution in [1.82, 2.24) is 9.97 Å². The molecule has 0 aliphatic carbocycles. The van der Waals surface area contributed by atoms with Gasteiger partial charge in [-0.2, -0.15) is 0 Å². The minimum Gasteiger partial charge on any atom is -0.329 e. The first-order chi connectivity index (χ1) is 8.43. The summed E-state index contributed by atoms with van der Waals surface area (Å²) in [7, 11) is 0. The zero-order valence-corrected chi connectivity index (χ0v) is 12.4. The van der Waals surface area contributed by atoms with E-state index in [4.69, 9.17) is 12.2 Å². The highest BCUT2D eigenvalue weighted by Gasteiger charge is 2.18. The van der Waals surface area contributed by atoms with E-state index < -0.39 is 17.2 Å². The number of hydrogen-bond acceptors (Lipinski definition) is 2. The van der Waals surface area contributed by atoms with Crippen molar-refractivity contribution in [3.05, 3.63) is 36.8 Å². The maximum absolute atomic E-state index is 13.8. The maximum Gasteiger partial charge on any atom is 0.262 e. The van der Waals surface area contributed by atoms with Crippen LogP contribution in [0.2, 0.25) is 0 Å². The first kappa shape index (κ1) is 15.0. The maximum atomic E-state index is 13.8. The summed E-state index contributed by atoms with van der Waals surface area (Å²) in [6.07, 6.45) is 0. The van der Waals surface area contributed by atoms with Crippen molar-refractivity contribution in [3.63, 3.8) is 0 Å². The second kappa shape index (κ2) is 5.71. The van der Waals surface area contributed by atoms with Crippen LogP contribution in [0.15, 0.2) is 9.27 Å². The number of rotatable bonds is 0. The third-order valence-electron chi connectivity index (χ3n) is 2.23. The van der Waals surface area contributed by atoms with Gasteiger partial charge in [0.05, 0.1) is 9.99 Å². The summed E-state index contributed by atoms with van der Waals surface area (Å²) in [5.41, 5.74) is -0.935.